The van der Waals surface area contributed by atoms with Crippen LogP contribution in [0.25, 0.3) is 11.0 Å². The van der Waals surface area contributed by atoms with Crippen molar-refractivity contribution < 1.29 is 27.5 Å². The topological polar surface area (TPSA) is 67.5 Å². The Morgan fingerprint density at radius 1 is 1.22 bits per heavy atom. The van der Waals surface area contributed by atoms with Crippen molar-refractivity contribution >= 4 is 16.9 Å². The number of halogens is 3. The molecule has 0 atom stereocenters. The van der Waals surface area contributed by atoms with Gasteiger partial charge in [-0.05, 0) is 18.2 Å². The minimum absolute atomic E-state index is 0.199. The molecule has 1 aromatic carbocycles. The Hall–Kier alpha value is -2.31. The fourth-order valence-electron chi connectivity index (χ4n) is 1.43. The Bertz CT molecular complexity index is 685. The highest BCUT2D eigenvalue weighted by Gasteiger charge is 2.34. The van der Waals surface area contributed by atoms with E-state index in [-0.39, 0.29) is 16.5 Å². The predicted molar refractivity (Wildman–Crippen MR) is 54.4 cm³/mol. The van der Waals surface area contributed by atoms with Gasteiger partial charge in [0.15, 0.2) is 5.43 Å². The Kier molecular flexibility index (Phi) is 2.61. The molecular weight excluding hydrogens is 253 g/mol. The van der Waals surface area contributed by atoms with Crippen molar-refractivity contribution in [3.8, 4) is 0 Å². The first-order valence-electron chi connectivity index (χ1n) is 4.67. The van der Waals surface area contributed by atoms with Crippen molar-refractivity contribution in [2.24, 2.45) is 0 Å². The van der Waals surface area contributed by atoms with Gasteiger partial charge in [0.1, 0.15) is 5.58 Å². The molecule has 94 valence electrons. The van der Waals surface area contributed by atoms with Crippen molar-refractivity contribution in [3.63, 3.8) is 0 Å². The Labute approximate surface area is 97.3 Å². The number of fused-ring (bicyclic) bond motifs is 1. The van der Waals surface area contributed by atoms with Gasteiger partial charge >= 0.3 is 12.1 Å². The fourth-order valence-corrected chi connectivity index (χ4v) is 1.43. The van der Waals surface area contributed by atoms with Crippen LogP contribution in [-0.2, 0) is 6.18 Å². The van der Waals surface area contributed by atoms with E-state index in [1.165, 1.54) is 0 Å². The first-order chi connectivity index (χ1) is 8.29. The number of carbonyl (C=O) groups is 1. The van der Waals surface area contributed by atoms with Gasteiger partial charge in [-0.3, -0.25) is 4.79 Å². The molecule has 7 heteroatoms. The summed E-state index contributed by atoms with van der Waals surface area (Å²) in [5.41, 5.74) is -1.44. The molecule has 0 saturated heterocycles. The highest BCUT2D eigenvalue weighted by Crippen LogP contribution is 2.30. The van der Waals surface area contributed by atoms with E-state index in [1.54, 1.807) is 0 Å². The number of carboxylic acids is 1. The largest absolute Gasteiger partial charge is 0.478 e. The number of hydrogen-bond donors (Lipinski definition) is 1. The summed E-state index contributed by atoms with van der Waals surface area (Å²) in [5.74, 6) is -2.70. The van der Waals surface area contributed by atoms with Crippen LogP contribution < -0.4 is 5.43 Å². The van der Waals surface area contributed by atoms with Crippen LogP contribution in [0, 0.1) is 0 Å². The summed E-state index contributed by atoms with van der Waals surface area (Å²) in [7, 11) is 0. The van der Waals surface area contributed by atoms with E-state index in [0.717, 1.165) is 18.2 Å². The first kappa shape index (κ1) is 12.2. The molecule has 0 unspecified atom stereocenters. The maximum atomic E-state index is 12.4. The molecule has 0 fully saturated rings. The maximum Gasteiger partial charge on any atom is 0.449 e. The average molecular weight is 258 g/mol. The van der Waals surface area contributed by atoms with Gasteiger partial charge in [-0.1, -0.05) is 0 Å². The third-order valence-electron chi connectivity index (χ3n) is 2.25. The van der Waals surface area contributed by atoms with Crippen LogP contribution in [0.5, 0.6) is 0 Å². The van der Waals surface area contributed by atoms with Crippen molar-refractivity contribution in [3.05, 3.63) is 45.8 Å². The third kappa shape index (κ3) is 2.06. The van der Waals surface area contributed by atoms with Crippen LogP contribution in [0.4, 0.5) is 13.2 Å². The summed E-state index contributed by atoms with van der Waals surface area (Å²) < 4.78 is 41.7. The van der Waals surface area contributed by atoms with Gasteiger partial charge in [0, 0.05) is 6.07 Å². The molecule has 1 N–H and O–H groups in total. The smallest absolute Gasteiger partial charge is 0.449 e. The molecule has 0 aliphatic rings. The molecule has 2 aromatic rings. The molecule has 0 spiro atoms. The third-order valence-corrected chi connectivity index (χ3v) is 2.25. The van der Waals surface area contributed by atoms with Crippen molar-refractivity contribution in [2.75, 3.05) is 0 Å². The van der Waals surface area contributed by atoms with Gasteiger partial charge in [-0.2, -0.15) is 13.2 Å². The van der Waals surface area contributed by atoms with Crippen molar-refractivity contribution in [1.29, 1.82) is 0 Å². The van der Waals surface area contributed by atoms with Gasteiger partial charge in [0.2, 0.25) is 5.76 Å². The Balaban J connectivity index is 2.74. The number of benzene rings is 1. The van der Waals surface area contributed by atoms with Crippen molar-refractivity contribution in [1.82, 2.24) is 0 Å². The molecule has 0 radical (unpaired) electrons. The van der Waals surface area contributed by atoms with Crippen LogP contribution in [0.2, 0.25) is 0 Å². The highest BCUT2D eigenvalue weighted by atomic mass is 19.4. The molecule has 0 bridgehead atoms. The van der Waals surface area contributed by atoms with Gasteiger partial charge < -0.3 is 9.52 Å². The molecule has 0 saturated carbocycles. The molecule has 0 aliphatic carbocycles. The zero-order valence-electron chi connectivity index (χ0n) is 8.62. The zero-order valence-corrected chi connectivity index (χ0v) is 8.62. The lowest BCUT2D eigenvalue weighted by Gasteiger charge is -2.06. The van der Waals surface area contributed by atoms with Gasteiger partial charge in [-0.15, -0.1) is 0 Å². The second-order valence-electron chi connectivity index (χ2n) is 3.49. The number of rotatable bonds is 1. The van der Waals surface area contributed by atoms with E-state index in [9.17, 15) is 22.8 Å². The number of carboxylic acid groups (broad SMARTS) is 1. The molecule has 1 aromatic heterocycles. The maximum absolute atomic E-state index is 12.4. The summed E-state index contributed by atoms with van der Waals surface area (Å²) in [4.78, 5) is 22.1. The van der Waals surface area contributed by atoms with Crippen LogP contribution in [0.1, 0.15) is 16.1 Å². The Morgan fingerprint density at radius 3 is 2.44 bits per heavy atom. The van der Waals surface area contributed by atoms with Crippen LogP contribution in [0.3, 0.4) is 0 Å². The zero-order chi connectivity index (χ0) is 13.5. The summed E-state index contributed by atoms with van der Waals surface area (Å²) in [6.07, 6.45) is -4.77. The molecule has 4 nitrogen and oxygen atoms in total. The molecule has 0 amide bonds. The summed E-state index contributed by atoms with van der Waals surface area (Å²) in [6.45, 7) is 0. The lowest BCUT2D eigenvalue weighted by atomic mass is 10.1. The minimum Gasteiger partial charge on any atom is -0.478 e. The monoisotopic (exact) mass is 258 g/mol. The second kappa shape index (κ2) is 3.86. The summed E-state index contributed by atoms with van der Waals surface area (Å²) in [5, 5.41) is 8.50. The van der Waals surface area contributed by atoms with Gasteiger partial charge in [0.25, 0.3) is 0 Å². The average Bonchev–Trinajstić information content (AvgIpc) is 2.27. The standard InChI is InChI=1S/C11H5F3O4/c12-11(13,14)9-4-7(15)6-3-5(10(16)17)1-2-8(6)18-9/h1-4H,(H,16,17). The molecule has 2 rings (SSSR count). The number of aromatic carboxylic acids is 1. The van der Waals surface area contributed by atoms with Crippen LogP contribution >= 0.6 is 0 Å². The lowest BCUT2D eigenvalue weighted by Crippen LogP contribution is -2.11. The van der Waals surface area contributed by atoms with E-state index in [4.69, 9.17) is 5.11 Å². The summed E-state index contributed by atoms with van der Waals surface area (Å²) in [6, 6.07) is 3.36. The molecular formula is C11H5F3O4. The molecule has 18 heavy (non-hydrogen) atoms. The molecule has 1 heterocycles. The van der Waals surface area contributed by atoms with E-state index in [1.807, 2.05) is 0 Å². The number of alkyl halides is 3. The van der Waals surface area contributed by atoms with E-state index in [0.29, 0.717) is 6.07 Å². The minimum atomic E-state index is -4.77. The van der Waals surface area contributed by atoms with E-state index in [2.05, 4.69) is 4.42 Å². The van der Waals surface area contributed by atoms with Crippen LogP contribution in [-0.4, -0.2) is 11.1 Å². The van der Waals surface area contributed by atoms with E-state index >= 15 is 0 Å². The predicted octanol–water partition coefficient (Wildman–Crippen LogP) is 2.51. The first-order valence-corrected chi connectivity index (χ1v) is 4.67. The van der Waals surface area contributed by atoms with Crippen molar-refractivity contribution in [2.45, 2.75) is 6.18 Å². The summed E-state index contributed by atoms with van der Waals surface area (Å²) >= 11 is 0. The number of hydrogen-bond acceptors (Lipinski definition) is 3. The second-order valence-corrected chi connectivity index (χ2v) is 3.49. The van der Waals surface area contributed by atoms with Gasteiger partial charge in [-0.25, -0.2) is 4.79 Å². The van der Waals surface area contributed by atoms with Gasteiger partial charge in [0.05, 0.1) is 10.9 Å². The normalized spacial score (nSPS) is 11.7. The highest BCUT2D eigenvalue weighted by molar-refractivity contribution is 5.92. The molecule has 0 aliphatic heterocycles. The lowest BCUT2D eigenvalue weighted by molar-refractivity contribution is -0.152. The quantitative estimate of drug-likeness (QED) is 0.853. The Morgan fingerprint density at radius 2 is 1.89 bits per heavy atom. The van der Waals surface area contributed by atoms with Crippen LogP contribution in [0.15, 0.2) is 33.5 Å². The fraction of sp³-hybridized carbons (Fsp3) is 0.0909. The van der Waals surface area contributed by atoms with E-state index < -0.39 is 23.3 Å². The SMILES string of the molecule is O=C(O)c1ccc2oc(C(F)(F)F)cc(=O)c2c1.